The van der Waals surface area contributed by atoms with Crippen LogP contribution in [-0.4, -0.2) is 62.6 Å². The van der Waals surface area contributed by atoms with E-state index in [1.54, 1.807) is 12.3 Å². The second-order valence-electron chi connectivity index (χ2n) is 6.83. The fourth-order valence-corrected chi connectivity index (χ4v) is 3.09. The molecule has 138 valence electrons. The number of carbonyl (C=O) groups is 1. The summed E-state index contributed by atoms with van der Waals surface area (Å²) in [7, 11) is 3.98. The summed E-state index contributed by atoms with van der Waals surface area (Å²) in [5.41, 5.74) is 1.93. The van der Waals surface area contributed by atoms with Gasteiger partial charge in [-0.05, 0) is 31.8 Å². The van der Waals surface area contributed by atoms with Gasteiger partial charge in [0, 0.05) is 50.5 Å². The van der Waals surface area contributed by atoms with E-state index in [0.29, 0.717) is 12.1 Å². The van der Waals surface area contributed by atoms with Gasteiger partial charge in [-0.1, -0.05) is 30.3 Å². The van der Waals surface area contributed by atoms with Crippen LogP contribution in [0.15, 0.2) is 48.7 Å². The number of amides is 1. The van der Waals surface area contributed by atoms with E-state index in [2.05, 4.69) is 44.8 Å². The van der Waals surface area contributed by atoms with Crippen molar-refractivity contribution < 1.29 is 4.79 Å². The number of benzene rings is 1. The van der Waals surface area contributed by atoms with Gasteiger partial charge in [-0.25, -0.2) is 4.98 Å². The van der Waals surface area contributed by atoms with Gasteiger partial charge in [-0.3, -0.25) is 4.79 Å². The van der Waals surface area contributed by atoms with Gasteiger partial charge in [0.25, 0.3) is 5.91 Å². The molecule has 1 saturated heterocycles. The molecule has 1 amide bonds. The molecule has 0 spiro atoms. The van der Waals surface area contributed by atoms with Crippen LogP contribution < -0.4 is 15.5 Å². The van der Waals surface area contributed by atoms with E-state index in [4.69, 9.17) is 0 Å². The van der Waals surface area contributed by atoms with Crippen molar-refractivity contribution in [1.82, 2.24) is 20.5 Å². The van der Waals surface area contributed by atoms with Crippen LogP contribution in [0.5, 0.6) is 0 Å². The molecule has 1 fully saturated rings. The summed E-state index contributed by atoms with van der Waals surface area (Å²) >= 11 is 0. The van der Waals surface area contributed by atoms with E-state index < -0.39 is 0 Å². The minimum absolute atomic E-state index is 0.0507. The third kappa shape index (κ3) is 4.80. The Hall–Kier alpha value is -2.44. The van der Waals surface area contributed by atoms with Gasteiger partial charge in [0.05, 0.1) is 0 Å². The second kappa shape index (κ2) is 8.78. The van der Waals surface area contributed by atoms with Crippen LogP contribution in [0.1, 0.15) is 22.0 Å². The van der Waals surface area contributed by atoms with Gasteiger partial charge in [0.1, 0.15) is 5.82 Å². The van der Waals surface area contributed by atoms with Gasteiger partial charge in [-0.2, -0.15) is 0 Å². The van der Waals surface area contributed by atoms with E-state index in [1.807, 2.05) is 31.1 Å². The molecule has 2 N–H and O–H groups in total. The van der Waals surface area contributed by atoms with Crippen molar-refractivity contribution in [2.45, 2.75) is 6.04 Å². The highest BCUT2D eigenvalue weighted by molar-refractivity contribution is 5.94. The van der Waals surface area contributed by atoms with E-state index in [0.717, 1.165) is 32.0 Å². The van der Waals surface area contributed by atoms with E-state index in [1.165, 1.54) is 5.56 Å². The molecule has 1 unspecified atom stereocenters. The minimum atomic E-state index is -0.0507. The van der Waals surface area contributed by atoms with Crippen molar-refractivity contribution in [3.05, 3.63) is 59.8 Å². The zero-order valence-corrected chi connectivity index (χ0v) is 15.5. The van der Waals surface area contributed by atoms with Crippen molar-refractivity contribution in [2.24, 2.45) is 0 Å². The number of hydrogen-bond donors (Lipinski definition) is 2. The smallest absolute Gasteiger partial charge is 0.251 e. The second-order valence-corrected chi connectivity index (χ2v) is 6.83. The maximum absolute atomic E-state index is 12.4. The molecule has 1 aromatic carbocycles. The number of nitrogens with one attached hydrogen (secondary N) is 2. The van der Waals surface area contributed by atoms with E-state index >= 15 is 0 Å². The molecule has 3 rings (SSSR count). The van der Waals surface area contributed by atoms with Crippen LogP contribution >= 0.6 is 0 Å². The Morgan fingerprint density at radius 2 is 2.12 bits per heavy atom. The minimum Gasteiger partial charge on any atom is -0.353 e. The Morgan fingerprint density at radius 3 is 2.88 bits per heavy atom. The van der Waals surface area contributed by atoms with Gasteiger partial charge in [0.2, 0.25) is 0 Å². The number of rotatable bonds is 6. The highest BCUT2D eigenvalue weighted by atomic mass is 16.1. The molecule has 26 heavy (non-hydrogen) atoms. The maximum Gasteiger partial charge on any atom is 0.251 e. The maximum atomic E-state index is 12.4. The Kier molecular flexibility index (Phi) is 6.20. The molecule has 0 aliphatic carbocycles. The van der Waals surface area contributed by atoms with Crippen molar-refractivity contribution in [1.29, 1.82) is 0 Å². The third-order valence-corrected chi connectivity index (χ3v) is 4.55. The Morgan fingerprint density at radius 1 is 1.31 bits per heavy atom. The molecule has 1 aliphatic rings. The first-order valence-electron chi connectivity index (χ1n) is 9.06. The molecule has 6 nitrogen and oxygen atoms in total. The zero-order chi connectivity index (χ0) is 18.4. The van der Waals surface area contributed by atoms with Crippen LogP contribution in [0.25, 0.3) is 0 Å². The molecule has 0 saturated carbocycles. The van der Waals surface area contributed by atoms with Gasteiger partial charge in [0.15, 0.2) is 0 Å². The number of nitrogens with zero attached hydrogens (tertiary/aromatic N) is 3. The van der Waals surface area contributed by atoms with Crippen LogP contribution in [0.2, 0.25) is 0 Å². The Bertz CT molecular complexity index is 719. The largest absolute Gasteiger partial charge is 0.353 e. The Labute approximate surface area is 155 Å². The summed E-state index contributed by atoms with van der Waals surface area (Å²) in [6.45, 7) is 4.05. The predicted octanol–water partition coefficient (Wildman–Crippen LogP) is 1.52. The van der Waals surface area contributed by atoms with Crippen LogP contribution in [0.3, 0.4) is 0 Å². The summed E-state index contributed by atoms with van der Waals surface area (Å²) < 4.78 is 0. The highest BCUT2D eigenvalue weighted by Gasteiger charge is 2.22. The lowest BCUT2D eigenvalue weighted by atomic mass is 10.0. The fourth-order valence-electron chi connectivity index (χ4n) is 3.09. The fraction of sp³-hybridized carbons (Fsp3) is 0.400. The average Bonchev–Trinajstić information content (AvgIpc) is 2.68. The number of hydrogen-bond acceptors (Lipinski definition) is 5. The molecule has 0 radical (unpaired) electrons. The molecule has 1 aromatic heterocycles. The normalized spacial score (nSPS) is 17.3. The first-order chi connectivity index (χ1) is 12.6. The number of anilines is 1. The molecule has 0 bridgehead atoms. The van der Waals surface area contributed by atoms with Crippen LogP contribution in [0.4, 0.5) is 5.82 Å². The van der Waals surface area contributed by atoms with Crippen LogP contribution in [-0.2, 0) is 0 Å². The van der Waals surface area contributed by atoms with Gasteiger partial charge < -0.3 is 20.4 Å². The standard InChI is InChI=1S/C20H27N5O/c1-24(2)12-10-23-20(26)17-8-9-22-19(14-17)25-13-11-21-18(15-25)16-6-4-3-5-7-16/h3-9,14,18,21H,10-13,15H2,1-2H3,(H,23,26). The average molecular weight is 353 g/mol. The van der Waals surface area contributed by atoms with Crippen molar-refractivity contribution >= 4 is 11.7 Å². The number of likely N-dealkylation sites (N-methyl/N-ethyl adjacent to an activating group) is 1. The Balaban J connectivity index is 1.66. The first-order valence-corrected chi connectivity index (χ1v) is 9.06. The molecule has 1 aliphatic heterocycles. The molecule has 2 aromatic rings. The lowest BCUT2D eigenvalue weighted by Crippen LogP contribution is -2.46. The lowest BCUT2D eigenvalue weighted by Gasteiger charge is -2.34. The van der Waals surface area contributed by atoms with E-state index in [9.17, 15) is 4.79 Å². The van der Waals surface area contributed by atoms with Gasteiger partial charge in [-0.15, -0.1) is 0 Å². The summed E-state index contributed by atoms with van der Waals surface area (Å²) in [5, 5.41) is 6.51. The SMILES string of the molecule is CN(C)CCNC(=O)c1ccnc(N2CCNC(c3ccccc3)C2)c1. The van der Waals surface area contributed by atoms with Crippen molar-refractivity contribution in [2.75, 3.05) is 51.7 Å². The molecule has 6 heteroatoms. The number of aromatic nitrogens is 1. The highest BCUT2D eigenvalue weighted by Crippen LogP contribution is 2.21. The van der Waals surface area contributed by atoms with Crippen molar-refractivity contribution in [3.8, 4) is 0 Å². The van der Waals surface area contributed by atoms with E-state index in [-0.39, 0.29) is 11.9 Å². The molecular weight excluding hydrogens is 326 g/mol. The topological polar surface area (TPSA) is 60.5 Å². The van der Waals surface area contributed by atoms with Crippen molar-refractivity contribution in [3.63, 3.8) is 0 Å². The first kappa shape index (κ1) is 18.4. The summed E-state index contributed by atoms with van der Waals surface area (Å²) in [6, 6.07) is 14.4. The predicted molar refractivity (Wildman–Crippen MR) is 105 cm³/mol. The molecule has 1 atom stereocenters. The quantitative estimate of drug-likeness (QED) is 0.825. The molecular formula is C20H27N5O. The number of carbonyl (C=O) groups excluding carboxylic acids is 1. The van der Waals surface area contributed by atoms with Crippen LogP contribution in [0, 0.1) is 0 Å². The number of piperazine rings is 1. The third-order valence-electron chi connectivity index (χ3n) is 4.55. The monoisotopic (exact) mass is 353 g/mol. The summed E-state index contributed by atoms with van der Waals surface area (Å²) in [6.07, 6.45) is 1.72. The lowest BCUT2D eigenvalue weighted by molar-refractivity contribution is 0.0951. The number of pyridine rings is 1. The molecule has 2 heterocycles. The summed E-state index contributed by atoms with van der Waals surface area (Å²) in [4.78, 5) is 21.1. The zero-order valence-electron chi connectivity index (χ0n) is 15.5. The van der Waals surface area contributed by atoms with Gasteiger partial charge >= 0.3 is 0 Å². The summed E-state index contributed by atoms with van der Waals surface area (Å²) in [5.74, 6) is 0.804.